The van der Waals surface area contributed by atoms with Gasteiger partial charge in [-0.15, -0.1) is 0 Å². The van der Waals surface area contributed by atoms with E-state index in [0.29, 0.717) is 18.3 Å². The number of ether oxygens (including phenoxy) is 2. The van der Waals surface area contributed by atoms with Crippen LogP contribution in [0.1, 0.15) is 12.7 Å². The van der Waals surface area contributed by atoms with E-state index in [0.717, 1.165) is 16.7 Å². The predicted molar refractivity (Wildman–Crippen MR) is 62.0 cm³/mol. The van der Waals surface area contributed by atoms with Crippen LogP contribution in [0.2, 0.25) is 0 Å². The first kappa shape index (κ1) is 10.7. The van der Waals surface area contributed by atoms with Crippen LogP contribution in [-0.2, 0) is 0 Å². The van der Waals surface area contributed by atoms with Crippen LogP contribution < -0.4 is 9.47 Å². The summed E-state index contributed by atoms with van der Waals surface area (Å²) in [5, 5.41) is 0.881. The number of aromatic nitrogens is 2. The largest absolute Gasteiger partial charge is 0.497 e. The van der Waals surface area contributed by atoms with Gasteiger partial charge >= 0.3 is 0 Å². The summed E-state index contributed by atoms with van der Waals surface area (Å²) in [6, 6.07) is 5.68. The third kappa shape index (κ3) is 1.91. The highest BCUT2D eigenvalue weighted by molar-refractivity contribution is 5.84. The SMILES string of the molecule is CCOc1nc(C)nc2ccc(OC)cc12. The van der Waals surface area contributed by atoms with E-state index < -0.39 is 0 Å². The lowest BCUT2D eigenvalue weighted by molar-refractivity contribution is 0.330. The van der Waals surface area contributed by atoms with E-state index in [1.165, 1.54) is 0 Å². The van der Waals surface area contributed by atoms with Crippen LogP contribution in [-0.4, -0.2) is 23.7 Å². The van der Waals surface area contributed by atoms with Crippen molar-refractivity contribution in [2.45, 2.75) is 13.8 Å². The fraction of sp³-hybridized carbons (Fsp3) is 0.333. The molecule has 0 aliphatic carbocycles. The Balaban J connectivity index is 2.65. The molecule has 1 aromatic heterocycles. The molecule has 2 aromatic rings. The molecular formula is C12H14N2O2. The van der Waals surface area contributed by atoms with E-state index >= 15 is 0 Å². The summed E-state index contributed by atoms with van der Waals surface area (Å²) in [7, 11) is 1.64. The molecule has 4 nitrogen and oxygen atoms in total. The van der Waals surface area contributed by atoms with Crippen molar-refractivity contribution < 1.29 is 9.47 Å². The van der Waals surface area contributed by atoms with Crippen LogP contribution in [0.25, 0.3) is 10.9 Å². The molecule has 0 aliphatic heterocycles. The van der Waals surface area contributed by atoms with Gasteiger partial charge in [0.15, 0.2) is 0 Å². The van der Waals surface area contributed by atoms with Gasteiger partial charge in [-0.05, 0) is 32.0 Å². The highest BCUT2D eigenvalue weighted by Gasteiger charge is 2.07. The minimum Gasteiger partial charge on any atom is -0.497 e. The number of hydrogen-bond acceptors (Lipinski definition) is 4. The Morgan fingerprint density at radius 1 is 1.25 bits per heavy atom. The quantitative estimate of drug-likeness (QED) is 0.793. The van der Waals surface area contributed by atoms with Crippen LogP contribution in [0.4, 0.5) is 0 Å². The number of methoxy groups -OCH3 is 1. The zero-order valence-corrected chi connectivity index (χ0v) is 9.65. The van der Waals surface area contributed by atoms with Gasteiger partial charge in [-0.2, -0.15) is 4.98 Å². The lowest BCUT2D eigenvalue weighted by Crippen LogP contribution is -1.99. The summed E-state index contributed by atoms with van der Waals surface area (Å²) < 4.78 is 10.7. The molecule has 0 atom stereocenters. The van der Waals surface area contributed by atoms with Gasteiger partial charge in [0.1, 0.15) is 11.6 Å². The molecule has 0 N–H and O–H groups in total. The van der Waals surface area contributed by atoms with E-state index in [4.69, 9.17) is 9.47 Å². The average Bonchev–Trinajstić information content (AvgIpc) is 2.29. The Morgan fingerprint density at radius 3 is 2.75 bits per heavy atom. The maximum absolute atomic E-state index is 5.49. The fourth-order valence-corrected chi connectivity index (χ4v) is 1.56. The molecule has 0 amide bonds. The fourth-order valence-electron chi connectivity index (χ4n) is 1.56. The second-order valence-corrected chi connectivity index (χ2v) is 3.39. The van der Waals surface area contributed by atoms with Crippen molar-refractivity contribution in [3.05, 3.63) is 24.0 Å². The number of hydrogen-bond donors (Lipinski definition) is 0. The molecule has 0 radical (unpaired) electrons. The van der Waals surface area contributed by atoms with Gasteiger partial charge < -0.3 is 9.47 Å². The molecule has 0 aliphatic rings. The first-order valence-corrected chi connectivity index (χ1v) is 5.19. The Labute approximate surface area is 94.2 Å². The second kappa shape index (κ2) is 4.35. The molecule has 84 valence electrons. The first-order valence-electron chi connectivity index (χ1n) is 5.19. The molecule has 16 heavy (non-hydrogen) atoms. The van der Waals surface area contributed by atoms with Crippen LogP contribution >= 0.6 is 0 Å². The summed E-state index contributed by atoms with van der Waals surface area (Å²) in [6.07, 6.45) is 0. The number of rotatable bonds is 3. The lowest BCUT2D eigenvalue weighted by Gasteiger charge is -2.08. The maximum Gasteiger partial charge on any atom is 0.224 e. The summed E-state index contributed by atoms with van der Waals surface area (Å²) in [5.41, 5.74) is 0.872. The van der Waals surface area contributed by atoms with Gasteiger partial charge in [-0.1, -0.05) is 0 Å². The van der Waals surface area contributed by atoms with E-state index in [-0.39, 0.29) is 0 Å². The highest BCUT2D eigenvalue weighted by atomic mass is 16.5. The molecule has 1 heterocycles. The zero-order valence-electron chi connectivity index (χ0n) is 9.65. The van der Waals surface area contributed by atoms with Crippen molar-refractivity contribution in [1.82, 2.24) is 9.97 Å². The van der Waals surface area contributed by atoms with Gasteiger partial charge in [0.05, 0.1) is 24.6 Å². The van der Waals surface area contributed by atoms with Crippen LogP contribution in [0.5, 0.6) is 11.6 Å². The van der Waals surface area contributed by atoms with Crippen molar-refractivity contribution in [1.29, 1.82) is 0 Å². The van der Waals surface area contributed by atoms with Gasteiger partial charge in [-0.3, -0.25) is 0 Å². The van der Waals surface area contributed by atoms with Crippen LogP contribution in [0.3, 0.4) is 0 Å². The number of aryl methyl sites for hydroxylation is 1. The zero-order chi connectivity index (χ0) is 11.5. The van der Waals surface area contributed by atoms with Crippen molar-refractivity contribution >= 4 is 10.9 Å². The van der Waals surface area contributed by atoms with Crippen molar-refractivity contribution in [3.63, 3.8) is 0 Å². The molecule has 0 saturated heterocycles. The van der Waals surface area contributed by atoms with Crippen LogP contribution in [0.15, 0.2) is 18.2 Å². The van der Waals surface area contributed by atoms with Crippen molar-refractivity contribution in [2.75, 3.05) is 13.7 Å². The minimum absolute atomic E-state index is 0.586. The monoisotopic (exact) mass is 218 g/mol. The van der Waals surface area contributed by atoms with Crippen molar-refractivity contribution in [3.8, 4) is 11.6 Å². The summed E-state index contributed by atoms with van der Waals surface area (Å²) in [5.74, 6) is 2.10. The lowest BCUT2D eigenvalue weighted by atomic mass is 10.2. The summed E-state index contributed by atoms with van der Waals surface area (Å²) in [6.45, 7) is 4.37. The molecule has 0 bridgehead atoms. The molecule has 4 heteroatoms. The maximum atomic E-state index is 5.49. The number of benzene rings is 1. The molecule has 0 unspecified atom stereocenters. The van der Waals surface area contributed by atoms with E-state index in [1.54, 1.807) is 7.11 Å². The summed E-state index contributed by atoms with van der Waals surface area (Å²) in [4.78, 5) is 8.62. The molecule has 1 aromatic carbocycles. The minimum atomic E-state index is 0.586. The second-order valence-electron chi connectivity index (χ2n) is 3.39. The van der Waals surface area contributed by atoms with Gasteiger partial charge in [-0.25, -0.2) is 4.98 Å². The predicted octanol–water partition coefficient (Wildman–Crippen LogP) is 2.35. The third-order valence-corrected chi connectivity index (χ3v) is 2.26. The van der Waals surface area contributed by atoms with E-state index in [9.17, 15) is 0 Å². The molecule has 0 spiro atoms. The number of fused-ring (bicyclic) bond motifs is 1. The Morgan fingerprint density at radius 2 is 2.06 bits per heavy atom. The molecule has 2 rings (SSSR count). The van der Waals surface area contributed by atoms with Gasteiger partial charge in [0.2, 0.25) is 5.88 Å². The standard InChI is InChI=1S/C12H14N2O2/c1-4-16-12-10-7-9(15-3)5-6-11(10)13-8(2)14-12/h5-7H,4H2,1-3H3. The Hall–Kier alpha value is -1.84. The third-order valence-electron chi connectivity index (χ3n) is 2.26. The molecule has 0 fully saturated rings. The highest BCUT2D eigenvalue weighted by Crippen LogP contribution is 2.26. The molecular weight excluding hydrogens is 204 g/mol. The van der Waals surface area contributed by atoms with Gasteiger partial charge in [0.25, 0.3) is 0 Å². The number of nitrogens with zero attached hydrogens (tertiary/aromatic N) is 2. The van der Waals surface area contributed by atoms with E-state index in [2.05, 4.69) is 9.97 Å². The van der Waals surface area contributed by atoms with Gasteiger partial charge in [0, 0.05) is 0 Å². The molecule has 0 saturated carbocycles. The first-order chi connectivity index (χ1) is 7.74. The van der Waals surface area contributed by atoms with E-state index in [1.807, 2.05) is 32.0 Å². The van der Waals surface area contributed by atoms with Crippen LogP contribution in [0, 0.1) is 6.92 Å². The summed E-state index contributed by atoms with van der Waals surface area (Å²) >= 11 is 0. The van der Waals surface area contributed by atoms with Crippen molar-refractivity contribution in [2.24, 2.45) is 0 Å². The topological polar surface area (TPSA) is 44.2 Å². The smallest absolute Gasteiger partial charge is 0.224 e. The average molecular weight is 218 g/mol. The Kier molecular flexibility index (Phi) is 2.90. The normalized spacial score (nSPS) is 10.4. The Bertz CT molecular complexity index is 512.